The van der Waals surface area contributed by atoms with E-state index in [0.29, 0.717) is 61.7 Å². The first-order chi connectivity index (χ1) is 19.8. The number of halogens is 2. The van der Waals surface area contributed by atoms with Crippen molar-refractivity contribution in [3.8, 4) is 34.4 Å². The Balaban J connectivity index is 1.64. The van der Waals surface area contributed by atoms with Gasteiger partial charge in [-0.1, -0.05) is 18.2 Å². The molecule has 12 heteroatoms. The molecular formula is C29H27BrFN3O6S. The van der Waals surface area contributed by atoms with Gasteiger partial charge in [-0.2, -0.15) is 0 Å². The molecule has 214 valence electrons. The van der Waals surface area contributed by atoms with Crippen LogP contribution in [-0.4, -0.2) is 47.2 Å². The Kier molecular flexibility index (Phi) is 9.90. The number of thioether (sulfide) groups is 1. The molecule has 0 aliphatic heterocycles. The zero-order chi connectivity index (χ0) is 29.5. The van der Waals surface area contributed by atoms with Crippen molar-refractivity contribution in [3.63, 3.8) is 0 Å². The number of carboxylic acids is 1. The predicted octanol–water partition coefficient (Wildman–Crippen LogP) is 6.69. The van der Waals surface area contributed by atoms with Gasteiger partial charge in [0, 0.05) is 23.7 Å². The number of methoxy groups -OCH3 is 3. The highest BCUT2D eigenvalue weighted by Gasteiger charge is 2.20. The van der Waals surface area contributed by atoms with Crippen LogP contribution in [0.1, 0.15) is 18.1 Å². The van der Waals surface area contributed by atoms with Crippen molar-refractivity contribution in [2.24, 2.45) is 0 Å². The molecule has 0 saturated carbocycles. The lowest BCUT2D eigenvalue weighted by molar-refractivity contribution is -0.131. The third kappa shape index (κ3) is 7.01. The summed E-state index contributed by atoms with van der Waals surface area (Å²) in [5.74, 6) is 0.915. The largest absolute Gasteiger partial charge is 0.497 e. The van der Waals surface area contributed by atoms with Crippen LogP contribution in [0.15, 0.2) is 69.1 Å². The Morgan fingerprint density at radius 2 is 1.76 bits per heavy atom. The number of nitrogens with zero attached hydrogens (tertiary/aromatic N) is 3. The van der Waals surface area contributed by atoms with Crippen molar-refractivity contribution in [2.75, 3.05) is 21.3 Å². The van der Waals surface area contributed by atoms with E-state index in [1.807, 2.05) is 11.5 Å². The van der Waals surface area contributed by atoms with Gasteiger partial charge in [0.25, 0.3) is 0 Å². The molecule has 0 fully saturated rings. The summed E-state index contributed by atoms with van der Waals surface area (Å²) in [4.78, 5) is 12.3. The van der Waals surface area contributed by atoms with Crippen LogP contribution in [0, 0.1) is 5.82 Å². The summed E-state index contributed by atoms with van der Waals surface area (Å²) in [6.07, 6.45) is 1.50. The fraction of sp³-hybridized carbons (Fsp3) is 0.207. The lowest BCUT2D eigenvalue weighted by atomic mass is 10.2. The average molecular weight is 645 g/mol. The standard InChI is InChI=1S/C29H27BrFN3O6S/c1-5-34-27(19-13-20(37-2)15-21(14-19)38-3)32-33-29(34)41-25(28(35)36)12-17-10-22(30)26(24(11-17)39-4)40-16-18-8-6-7-9-23(18)31/h6-15H,5,16H2,1-4H3,(H,35,36)/b25-12-. The minimum atomic E-state index is -1.14. The fourth-order valence-corrected chi connectivity index (χ4v) is 5.37. The molecule has 0 atom stereocenters. The minimum Gasteiger partial charge on any atom is -0.497 e. The first kappa shape index (κ1) is 29.9. The summed E-state index contributed by atoms with van der Waals surface area (Å²) in [6.45, 7) is 2.40. The number of hydrogen-bond donors (Lipinski definition) is 1. The summed E-state index contributed by atoms with van der Waals surface area (Å²) >= 11 is 4.44. The highest BCUT2D eigenvalue weighted by Crippen LogP contribution is 2.39. The highest BCUT2D eigenvalue weighted by atomic mass is 79.9. The van der Waals surface area contributed by atoms with Crippen LogP contribution in [-0.2, 0) is 17.9 Å². The van der Waals surface area contributed by atoms with E-state index in [2.05, 4.69) is 26.1 Å². The van der Waals surface area contributed by atoms with E-state index >= 15 is 0 Å². The molecule has 1 N–H and O–H groups in total. The number of rotatable bonds is 12. The summed E-state index contributed by atoms with van der Waals surface area (Å²) < 4.78 is 38.5. The lowest BCUT2D eigenvalue weighted by Gasteiger charge is -2.14. The van der Waals surface area contributed by atoms with Crippen LogP contribution in [0.2, 0.25) is 0 Å². The molecule has 0 aliphatic carbocycles. The molecule has 0 saturated heterocycles. The molecule has 0 aliphatic rings. The normalized spacial score (nSPS) is 11.3. The second-order valence-electron chi connectivity index (χ2n) is 8.48. The second-order valence-corrected chi connectivity index (χ2v) is 10.3. The lowest BCUT2D eigenvalue weighted by Crippen LogP contribution is -2.03. The first-order valence-electron chi connectivity index (χ1n) is 12.3. The maximum absolute atomic E-state index is 14.0. The molecule has 0 bridgehead atoms. The SMILES string of the molecule is CCn1c(S/C(=C\c2cc(Br)c(OCc3ccccc3F)c(OC)c2)C(=O)O)nnc1-c1cc(OC)cc(OC)c1. The zero-order valence-electron chi connectivity index (χ0n) is 22.7. The van der Waals surface area contributed by atoms with E-state index in [4.69, 9.17) is 18.9 Å². The van der Waals surface area contributed by atoms with Crippen molar-refractivity contribution >= 4 is 39.7 Å². The van der Waals surface area contributed by atoms with Crippen molar-refractivity contribution in [1.29, 1.82) is 0 Å². The molecule has 4 rings (SSSR count). The van der Waals surface area contributed by atoms with Crippen molar-refractivity contribution in [2.45, 2.75) is 25.2 Å². The van der Waals surface area contributed by atoms with E-state index in [-0.39, 0.29) is 17.3 Å². The van der Waals surface area contributed by atoms with Crippen LogP contribution in [0.3, 0.4) is 0 Å². The van der Waals surface area contributed by atoms with Gasteiger partial charge in [0.15, 0.2) is 22.5 Å². The number of ether oxygens (including phenoxy) is 4. The Labute approximate surface area is 249 Å². The molecule has 0 unspecified atom stereocenters. The number of carboxylic acid groups (broad SMARTS) is 1. The molecular weight excluding hydrogens is 617 g/mol. The predicted molar refractivity (Wildman–Crippen MR) is 157 cm³/mol. The minimum absolute atomic E-state index is 0.0100. The van der Waals surface area contributed by atoms with Gasteiger partial charge in [0.05, 0.1) is 25.8 Å². The van der Waals surface area contributed by atoms with E-state index < -0.39 is 5.97 Å². The number of hydrogen-bond acceptors (Lipinski definition) is 8. The van der Waals surface area contributed by atoms with E-state index in [1.165, 1.54) is 19.3 Å². The molecule has 0 radical (unpaired) electrons. The number of carbonyl (C=O) groups is 1. The molecule has 3 aromatic carbocycles. The van der Waals surface area contributed by atoms with Gasteiger partial charge in [0.2, 0.25) is 0 Å². The van der Waals surface area contributed by atoms with Crippen LogP contribution in [0.4, 0.5) is 4.39 Å². The third-order valence-corrected chi connectivity index (χ3v) is 7.52. The van der Waals surface area contributed by atoms with E-state index in [0.717, 1.165) is 11.8 Å². The Hall–Kier alpha value is -4.03. The molecule has 4 aromatic rings. The van der Waals surface area contributed by atoms with Crippen LogP contribution >= 0.6 is 27.7 Å². The van der Waals surface area contributed by atoms with Crippen LogP contribution < -0.4 is 18.9 Å². The average Bonchev–Trinajstić information content (AvgIpc) is 3.38. The van der Waals surface area contributed by atoms with Crippen molar-refractivity contribution in [1.82, 2.24) is 14.8 Å². The van der Waals surface area contributed by atoms with Crippen molar-refractivity contribution < 1.29 is 33.2 Å². The monoisotopic (exact) mass is 643 g/mol. The second kappa shape index (κ2) is 13.6. The molecule has 0 spiro atoms. The van der Waals surface area contributed by atoms with E-state index in [9.17, 15) is 14.3 Å². The van der Waals surface area contributed by atoms with Crippen LogP contribution in [0.25, 0.3) is 17.5 Å². The number of aromatic nitrogens is 3. The Morgan fingerprint density at radius 3 is 2.37 bits per heavy atom. The number of benzene rings is 3. The van der Waals surface area contributed by atoms with Gasteiger partial charge in [-0.05, 0) is 76.6 Å². The van der Waals surface area contributed by atoms with Gasteiger partial charge in [0.1, 0.15) is 28.8 Å². The first-order valence-corrected chi connectivity index (χ1v) is 13.9. The summed E-state index contributed by atoms with van der Waals surface area (Å²) in [7, 11) is 4.59. The van der Waals surface area contributed by atoms with Gasteiger partial charge >= 0.3 is 5.97 Å². The maximum Gasteiger partial charge on any atom is 0.342 e. The number of aliphatic carboxylic acids is 1. The fourth-order valence-electron chi connectivity index (χ4n) is 3.91. The Bertz CT molecular complexity index is 1570. The van der Waals surface area contributed by atoms with Gasteiger partial charge in [-0.15, -0.1) is 10.2 Å². The molecule has 41 heavy (non-hydrogen) atoms. The summed E-state index contributed by atoms with van der Waals surface area (Å²) in [6, 6.07) is 15.0. The zero-order valence-corrected chi connectivity index (χ0v) is 25.1. The van der Waals surface area contributed by atoms with Gasteiger partial charge < -0.3 is 28.6 Å². The third-order valence-electron chi connectivity index (χ3n) is 5.93. The molecule has 0 amide bonds. The summed E-state index contributed by atoms with van der Waals surface area (Å²) in [5.41, 5.74) is 1.64. The quantitative estimate of drug-likeness (QED) is 0.133. The summed E-state index contributed by atoms with van der Waals surface area (Å²) in [5, 5.41) is 19.0. The van der Waals surface area contributed by atoms with E-state index in [1.54, 1.807) is 62.8 Å². The Morgan fingerprint density at radius 1 is 1.05 bits per heavy atom. The van der Waals surface area contributed by atoms with Crippen molar-refractivity contribution in [3.05, 3.63) is 80.9 Å². The molecule has 1 aromatic heterocycles. The molecule has 9 nitrogen and oxygen atoms in total. The highest BCUT2D eigenvalue weighted by molar-refractivity contribution is 9.10. The van der Waals surface area contributed by atoms with Gasteiger partial charge in [-0.25, -0.2) is 9.18 Å². The topological polar surface area (TPSA) is 105 Å². The van der Waals surface area contributed by atoms with Crippen LogP contribution in [0.5, 0.6) is 23.0 Å². The van der Waals surface area contributed by atoms with Gasteiger partial charge in [-0.3, -0.25) is 0 Å². The maximum atomic E-state index is 14.0. The molecule has 1 heterocycles. The smallest absolute Gasteiger partial charge is 0.342 e.